The van der Waals surface area contributed by atoms with Crippen LogP contribution in [0.25, 0.3) is 0 Å². The van der Waals surface area contributed by atoms with Crippen LogP contribution in [-0.2, 0) is 0 Å². The second-order valence-electron chi connectivity index (χ2n) is 3.44. The fourth-order valence-corrected chi connectivity index (χ4v) is 1.63. The molecule has 1 rings (SSSR count). The highest BCUT2D eigenvalue weighted by atomic mass is 35.5. The quantitative estimate of drug-likeness (QED) is 0.795. The van der Waals surface area contributed by atoms with Gasteiger partial charge in [0.2, 0.25) is 0 Å². The van der Waals surface area contributed by atoms with Crippen molar-refractivity contribution in [2.45, 2.75) is 19.4 Å². The molecule has 2 nitrogen and oxygen atoms in total. The summed E-state index contributed by atoms with van der Waals surface area (Å²) in [7, 11) is 1.61. The van der Waals surface area contributed by atoms with Gasteiger partial charge in [-0.3, -0.25) is 5.32 Å². The molecular weight excluding hydrogens is 222 g/mol. The smallest absolute Gasteiger partial charge is 0.126 e. The predicted molar refractivity (Wildman–Crippen MR) is 67.9 cm³/mol. The van der Waals surface area contributed by atoms with Gasteiger partial charge in [-0.1, -0.05) is 30.5 Å². The first-order chi connectivity index (χ1) is 7.72. The van der Waals surface area contributed by atoms with Gasteiger partial charge in [-0.05, 0) is 25.1 Å². The van der Waals surface area contributed by atoms with Crippen LogP contribution in [-0.4, -0.2) is 13.7 Å². The Kier molecular flexibility index (Phi) is 5.18. The molecule has 0 bridgehead atoms. The zero-order valence-electron chi connectivity index (χ0n) is 9.59. The molecule has 1 aromatic rings. The lowest BCUT2D eigenvalue weighted by Crippen LogP contribution is -2.21. The normalized spacial score (nSPS) is 11.9. The fourth-order valence-electron chi connectivity index (χ4n) is 1.47. The van der Waals surface area contributed by atoms with E-state index in [1.807, 2.05) is 12.1 Å². The summed E-state index contributed by atoms with van der Waals surface area (Å²) in [4.78, 5) is 0. The second-order valence-corrected chi connectivity index (χ2v) is 3.88. The Morgan fingerprint density at radius 2 is 2.31 bits per heavy atom. The molecule has 0 aromatic heterocycles. The van der Waals surface area contributed by atoms with Crippen molar-refractivity contribution < 1.29 is 4.74 Å². The number of nitrogens with one attached hydrogen (secondary N) is 1. The highest BCUT2D eigenvalue weighted by molar-refractivity contribution is 6.30. The Balaban J connectivity index is 2.96. The number of ether oxygens (including phenoxy) is 1. The van der Waals surface area contributed by atoms with Crippen molar-refractivity contribution in [2.75, 3.05) is 13.7 Å². The van der Waals surface area contributed by atoms with Crippen molar-refractivity contribution in [2.24, 2.45) is 0 Å². The van der Waals surface area contributed by atoms with E-state index in [1.54, 1.807) is 13.2 Å². The van der Waals surface area contributed by atoms with Gasteiger partial charge in [0.25, 0.3) is 0 Å². The Morgan fingerprint density at radius 3 is 2.88 bits per heavy atom. The maximum atomic E-state index is 5.90. The van der Waals surface area contributed by atoms with Crippen LogP contribution in [0.5, 0.6) is 5.75 Å². The number of methoxy groups -OCH3 is 1. The first kappa shape index (κ1) is 12.9. The SMILES string of the molecule is C#CC(NCCC)c1ccc(Cl)cc1OC. The molecule has 0 aliphatic rings. The summed E-state index contributed by atoms with van der Waals surface area (Å²) < 4.78 is 5.27. The molecule has 0 radical (unpaired) electrons. The van der Waals surface area contributed by atoms with Crippen molar-refractivity contribution in [3.8, 4) is 18.1 Å². The summed E-state index contributed by atoms with van der Waals surface area (Å²) in [5.74, 6) is 3.43. The van der Waals surface area contributed by atoms with Crippen LogP contribution in [0.1, 0.15) is 24.9 Å². The molecule has 1 unspecified atom stereocenters. The summed E-state index contributed by atoms with van der Waals surface area (Å²) in [5, 5.41) is 3.92. The van der Waals surface area contributed by atoms with Crippen LogP contribution in [0.2, 0.25) is 5.02 Å². The summed E-state index contributed by atoms with van der Waals surface area (Å²) in [6.45, 7) is 2.97. The lowest BCUT2D eigenvalue weighted by atomic mass is 10.1. The molecular formula is C13H16ClNO. The van der Waals surface area contributed by atoms with Crippen LogP contribution < -0.4 is 10.1 Å². The summed E-state index contributed by atoms with van der Waals surface area (Å²) in [5.41, 5.74) is 0.947. The van der Waals surface area contributed by atoms with E-state index in [2.05, 4.69) is 18.2 Å². The van der Waals surface area contributed by atoms with Crippen molar-refractivity contribution >= 4 is 11.6 Å². The van der Waals surface area contributed by atoms with E-state index in [-0.39, 0.29) is 6.04 Å². The van der Waals surface area contributed by atoms with Gasteiger partial charge in [-0.15, -0.1) is 6.42 Å². The highest BCUT2D eigenvalue weighted by Gasteiger charge is 2.12. The molecule has 0 saturated heterocycles. The van der Waals surface area contributed by atoms with Gasteiger partial charge in [-0.25, -0.2) is 0 Å². The maximum absolute atomic E-state index is 5.90. The van der Waals surface area contributed by atoms with Crippen molar-refractivity contribution in [3.05, 3.63) is 28.8 Å². The van der Waals surface area contributed by atoms with Crippen LogP contribution in [0, 0.1) is 12.3 Å². The minimum Gasteiger partial charge on any atom is -0.496 e. The minimum atomic E-state index is -0.132. The van der Waals surface area contributed by atoms with Crippen molar-refractivity contribution in [1.29, 1.82) is 0 Å². The van der Waals surface area contributed by atoms with E-state index in [1.165, 1.54) is 0 Å². The monoisotopic (exact) mass is 237 g/mol. The molecule has 0 spiro atoms. The van der Waals surface area contributed by atoms with E-state index in [4.69, 9.17) is 22.8 Å². The van der Waals surface area contributed by atoms with E-state index in [0.717, 1.165) is 24.3 Å². The van der Waals surface area contributed by atoms with Gasteiger partial charge < -0.3 is 4.74 Å². The zero-order chi connectivity index (χ0) is 12.0. The molecule has 0 amide bonds. The van der Waals surface area contributed by atoms with Gasteiger partial charge in [0.05, 0.1) is 13.2 Å². The molecule has 0 heterocycles. The molecule has 1 aromatic carbocycles. The summed E-state index contributed by atoms with van der Waals surface area (Å²) >= 11 is 5.90. The van der Waals surface area contributed by atoms with Crippen LogP contribution in [0.4, 0.5) is 0 Å². The molecule has 3 heteroatoms. The number of terminal acetylenes is 1. The molecule has 0 aliphatic carbocycles. The lowest BCUT2D eigenvalue weighted by molar-refractivity contribution is 0.405. The van der Waals surface area contributed by atoms with Gasteiger partial charge >= 0.3 is 0 Å². The third-order valence-corrected chi connectivity index (χ3v) is 2.51. The topological polar surface area (TPSA) is 21.3 Å². The van der Waals surface area contributed by atoms with Crippen molar-refractivity contribution in [3.63, 3.8) is 0 Å². The Morgan fingerprint density at radius 1 is 1.56 bits per heavy atom. The Bertz CT molecular complexity index is 384. The largest absolute Gasteiger partial charge is 0.496 e. The number of hydrogen-bond donors (Lipinski definition) is 1. The van der Waals surface area contributed by atoms with E-state index < -0.39 is 0 Å². The molecule has 86 valence electrons. The summed E-state index contributed by atoms with van der Waals surface area (Å²) in [6.07, 6.45) is 6.54. The molecule has 0 saturated carbocycles. The highest BCUT2D eigenvalue weighted by Crippen LogP contribution is 2.28. The number of hydrogen-bond acceptors (Lipinski definition) is 2. The third kappa shape index (κ3) is 3.16. The Hall–Kier alpha value is -1.17. The van der Waals surface area contributed by atoms with Crippen molar-refractivity contribution in [1.82, 2.24) is 5.32 Å². The molecule has 1 N–H and O–H groups in total. The average molecular weight is 238 g/mol. The molecule has 16 heavy (non-hydrogen) atoms. The zero-order valence-corrected chi connectivity index (χ0v) is 10.3. The average Bonchev–Trinajstić information content (AvgIpc) is 2.31. The van der Waals surface area contributed by atoms with Gasteiger partial charge in [0.1, 0.15) is 5.75 Å². The van der Waals surface area contributed by atoms with Gasteiger partial charge in [0, 0.05) is 10.6 Å². The first-order valence-corrected chi connectivity index (χ1v) is 5.63. The Labute approximate surface area is 102 Å². The minimum absolute atomic E-state index is 0.132. The first-order valence-electron chi connectivity index (χ1n) is 5.25. The second kappa shape index (κ2) is 6.42. The summed E-state index contributed by atoms with van der Waals surface area (Å²) in [6, 6.07) is 5.35. The number of rotatable bonds is 5. The van der Waals surface area contributed by atoms with E-state index in [0.29, 0.717) is 5.02 Å². The van der Waals surface area contributed by atoms with Crippen LogP contribution >= 0.6 is 11.6 Å². The van der Waals surface area contributed by atoms with E-state index >= 15 is 0 Å². The number of halogens is 1. The lowest BCUT2D eigenvalue weighted by Gasteiger charge is -2.16. The van der Waals surface area contributed by atoms with E-state index in [9.17, 15) is 0 Å². The van der Waals surface area contributed by atoms with Crippen LogP contribution in [0.3, 0.4) is 0 Å². The standard InChI is InChI=1S/C13H16ClNO/c1-4-8-15-12(5-2)11-7-6-10(14)9-13(11)16-3/h2,6-7,9,12,15H,4,8H2,1,3H3. The molecule has 0 fully saturated rings. The number of benzene rings is 1. The maximum Gasteiger partial charge on any atom is 0.126 e. The third-order valence-electron chi connectivity index (χ3n) is 2.27. The predicted octanol–water partition coefficient (Wildman–Crippen LogP) is 3.02. The fraction of sp³-hybridized carbons (Fsp3) is 0.385. The van der Waals surface area contributed by atoms with Crippen LogP contribution in [0.15, 0.2) is 18.2 Å². The molecule has 0 aliphatic heterocycles. The van der Waals surface area contributed by atoms with Gasteiger partial charge in [0.15, 0.2) is 0 Å². The van der Waals surface area contributed by atoms with Gasteiger partial charge in [-0.2, -0.15) is 0 Å². The molecule has 1 atom stereocenters.